The molecule has 3 rings (SSSR count). The molecule has 0 aromatic heterocycles. The number of anilines is 1. The number of unbranched alkanes of at least 4 members (excludes halogenated alkanes) is 1. The molecule has 2 aliphatic rings. The maximum atomic E-state index is 12.0. The van der Waals surface area contributed by atoms with Crippen LogP contribution >= 0.6 is 0 Å². The summed E-state index contributed by atoms with van der Waals surface area (Å²) in [6, 6.07) is 8.17. The van der Waals surface area contributed by atoms with Gasteiger partial charge in [0.15, 0.2) is 0 Å². The molecule has 1 atom stereocenters. The number of hydrogen-bond donors (Lipinski definition) is 1. The summed E-state index contributed by atoms with van der Waals surface area (Å²) in [5.74, 6) is 0.810. The molecule has 1 aromatic rings. The lowest BCUT2D eigenvalue weighted by molar-refractivity contribution is -0.154. The van der Waals surface area contributed by atoms with E-state index >= 15 is 0 Å². The third-order valence-electron chi connectivity index (χ3n) is 5.31. The fourth-order valence-corrected chi connectivity index (χ4v) is 3.96. The maximum Gasteiger partial charge on any atom is 0.323 e. The molecule has 0 aliphatic carbocycles. The van der Waals surface area contributed by atoms with Crippen molar-refractivity contribution in [3.8, 4) is 5.75 Å². The van der Waals surface area contributed by atoms with Gasteiger partial charge in [-0.05, 0) is 30.7 Å². The summed E-state index contributed by atoms with van der Waals surface area (Å²) in [5, 5.41) is 6.89. The number of carbonyl (C=O) groups is 2. The molecular formula is C20H30N2O5. The first-order valence-corrected chi connectivity index (χ1v) is 9.31. The van der Waals surface area contributed by atoms with Crippen LogP contribution in [-0.4, -0.2) is 68.9 Å². The second kappa shape index (κ2) is 9.60. The molecule has 150 valence electrons. The molecule has 7 heteroatoms. The third kappa shape index (κ3) is 4.91. The minimum Gasteiger partial charge on any atom is -0.497 e. The number of rotatable bonds is 7. The number of nitrogens with zero attached hydrogens (tertiary/aromatic N) is 2. The lowest BCUT2D eigenvalue weighted by atomic mass is 9.71. The van der Waals surface area contributed by atoms with E-state index in [9.17, 15) is 4.79 Å². The molecule has 2 aliphatic heterocycles. The standard InChI is InChI=1S/C19H28N2O3.CH2O2/c1-4-5-6-17(18(22)24-3)21-13-19(14-21)11-20(12-19)15-7-9-16(23-2)10-8-15;2-1-3/h7-10,17H,4-6,11-14H2,1-3H3;1H,(H,2,3). The summed E-state index contributed by atoms with van der Waals surface area (Å²) >= 11 is 0. The van der Waals surface area contributed by atoms with Gasteiger partial charge in [-0.25, -0.2) is 0 Å². The van der Waals surface area contributed by atoms with Crippen LogP contribution in [0, 0.1) is 5.41 Å². The van der Waals surface area contributed by atoms with Gasteiger partial charge >= 0.3 is 5.97 Å². The number of ether oxygens (including phenoxy) is 2. The monoisotopic (exact) mass is 378 g/mol. The Kier molecular flexibility index (Phi) is 7.47. The van der Waals surface area contributed by atoms with Crippen molar-refractivity contribution in [1.82, 2.24) is 4.90 Å². The Morgan fingerprint density at radius 3 is 2.30 bits per heavy atom. The zero-order valence-corrected chi connectivity index (χ0v) is 16.4. The highest BCUT2D eigenvalue weighted by Crippen LogP contribution is 2.43. The van der Waals surface area contributed by atoms with Crippen molar-refractivity contribution in [3.05, 3.63) is 24.3 Å². The zero-order valence-electron chi connectivity index (χ0n) is 16.4. The number of carbonyl (C=O) groups excluding carboxylic acids is 1. The Bertz CT molecular complexity index is 605. The van der Waals surface area contributed by atoms with Crippen molar-refractivity contribution in [2.75, 3.05) is 45.3 Å². The number of hydrogen-bond acceptors (Lipinski definition) is 6. The van der Waals surface area contributed by atoms with Crippen molar-refractivity contribution in [3.63, 3.8) is 0 Å². The van der Waals surface area contributed by atoms with Crippen LogP contribution in [0.5, 0.6) is 5.75 Å². The van der Waals surface area contributed by atoms with E-state index in [4.69, 9.17) is 19.4 Å². The molecule has 1 unspecified atom stereocenters. The van der Waals surface area contributed by atoms with Crippen molar-refractivity contribution in [2.24, 2.45) is 5.41 Å². The normalized spacial score (nSPS) is 18.4. The van der Waals surface area contributed by atoms with Crippen LogP contribution in [0.25, 0.3) is 0 Å². The van der Waals surface area contributed by atoms with E-state index in [-0.39, 0.29) is 18.5 Å². The molecule has 1 N–H and O–H groups in total. The van der Waals surface area contributed by atoms with Crippen LogP contribution in [-0.2, 0) is 14.3 Å². The summed E-state index contributed by atoms with van der Waals surface area (Å²) in [4.78, 5) is 25.1. The van der Waals surface area contributed by atoms with Crippen LogP contribution in [0.4, 0.5) is 5.69 Å². The minimum atomic E-state index is -0.250. The van der Waals surface area contributed by atoms with E-state index in [1.807, 2.05) is 12.1 Å². The number of likely N-dealkylation sites (tertiary alicyclic amines) is 1. The van der Waals surface area contributed by atoms with E-state index < -0.39 is 0 Å². The van der Waals surface area contributed by atoms with Gasteiger partial charge < -0.3 is 19.5 Å². The first-order chi connectivity index (χ1) is 13.0. The minimum absolute atomic E-state index is 0.0596. The lowest BCUT2D eigenvalue weighted by Crippen LogP contribution is -2.74. The second-order valence-corrected chi connectivity index (χ2v) is 7.25. The molecule has 7 nitrogen and oxygen atoms in total. The van der Waals surface area contributed by atoms with E-state index in [0.717, 1.165) is 51.2 Å². The molecule has 1 spiro atoms. The van der Waals surface area contributed by atoms with Crippen LogP contribution in [0.15, 0.2) is 24.3 Å². The summed E-state index contributed by atoms with van der Waals surface area (Å²) in [7, 11) is 3.18. The van der Waals surface area contributed by atoms with E-state index in [1.165, 1.54) is 12.8 Å². The summed E-state index contributed by atoms with van der Waals surface area (Å²) in [6.07, 6.45) is 3.08. The van der Waals surface area contributed by atoms with Crippen LogP contribution in [0.3, 0.4) is 0 Å². The third-order valence-corrected chi connectivity index (χ3v) is 5.31. The number of carboxylic acid groups (broad SMARTS) is 1. The molecule has 0 amide bonds. The average Bonchev–Trinajstić information content (AvgIpc) is 2.62. The fraction of sp³-hybridized carbons (Fsp3) is 0.600. The highest BCUT2D eigenvalue weighted by atomic mass is 16.5. The number of methoxy groups -OCH3 is 2. The first-order valence-electron chi connectivity index (χ1n) is 9.31. The number of benzene rings is 1. The van der Waals surface area contributed by atoms with Gasteiger partial charge in [-0.1, -0.05) is 19.8 Å². The summed E-state index contributed by atoms with van der Waals surface area (Å²) < 4.78 is 10.2. The van der Waals surface area contributed by atoms with Crippen LogP contribution in [0.1, 0.15) is 26.2 Å². The van der Waals surface area contributed by atoms with Crippen molar-refractivity contribution < 1.29 is 24.2 Å². The molecule has 2 fully saturated rings. The first kappa shape index (κ1) is 21.0. The number of esters is 1. The smallest absolute Gasteiger partial charge is 0.323 e. The largest absolute Gasteiger partial charge is 0.497 e. The van der Waals surface area contributed by atoms with Gasteiger partial charge in [-0.15, -0.1) is 0 Å². The molecule has 2 heterocycles. The fourth-order valence-electron chi connectivity index (χ4n) is 3.96. The van der Waals surface area contributed by atoms with Crippen molar-refractivity contribution >= 4 is 18.1 Å². The maximum absolute atomic E-state index is 12.0. The molecule has 0 radical (unpaired) electrons. The molecule has 1 aromatic carbocycles. The van der Waals surface area contributed by atoms with E-state index in [0.29, 0.717) is 5.41 Å². The Labute approximate surface area is 160 Å². The highest BCUT2D eigenvalue weighted by Gasteiger charge is 2.54. The molecular weight excluding hydrogens is 348 g/mol. The van der Waals surface area contributed by atoms with Gasteiger partial charge in [0.25, 0.3) is 6.47 Å². The Morgan fingerprint density at radius 1 is 1.22 bits per heavy atom. The second-order valence-electron chi connectivity index (χ2n) is 7.25. The predicted octanol–water partition coefficient (Wildman–Crippen LogP) is 2.25. The predicted molar refractivity (Wildman–Crippen MR) is 103 cm³/mol. The molecule has 2 saturated heterocycles. The quantitative estimate of drug-likeness (QED) is 0.576. The Balaban J connectivity index is 0.000000817. The van der Waals surface area contributed by atoms with Gasteiger partial charge in [0.1, 0.15) is 11.8 Å². The molecule has 0 saturated carbocycles. The summed E-state index contributed by atoms with van der Waals surface area (Å²) in [6.45, 7) is 6.05. The SMILES string of the molecule is CCCCC(C(=O)OC)N1CC2(CN(c3ccc(OC)cc3)C2)C1.O=CO. The van der Waals surface area contributed by atoms with Crippen molar-refractivity contribution in [1.29, 1.82) is 0 Å². The van der Waals surface area contributed by atoms with Crippen LogP contribution in [0.2, 0.25) is 0 Å². The lowest BCUT2D eigenvalue weighted by Gasteiger charge is -2.62. The topological polar surface area (TPSA) is 79.3 Å². The van der Waals surface area contributed by atoms with Gasteiger partial charge in [-0.3, -0.25) is 14.5 Å². The molecule has 27 heavy (non-hydrogen) atoms. The van der Waals surface area contributed by atoms with Gasteiger partial charge in [0.05, 0.1) is 14.2 Å². The van der Waals surface area contributed by atoms with E-state index in [1.54, 1.807) is 7.11 Å². The molecule has 0 bridgehead atoms. The van der Waals surface area contributed by atoms with Gasteiger partial charge in [-0.2, -0.15) is 0 Å². The summed E-state index contributed by atoms with van der Waals surface area (Å²) in [5.41, 5.74) is 1.61. The van der Waals surface area contributed by atoms with Gasteiger partial charge in [0, 0.05) is 37.3 Å². The average molecular weight is 378 g/mol. The Hall–Kier alpha value is -2.28. The zero-order chi connectivity index (χ0) is 19.9. The van der Waals surface area contributed by atoms with E-state index in [2.05, 4.69) is 28.9 Å². The van der Waals surface area contributed by atoms with Crippen LogP contribution < -0.4 is 9.64 Å². The van der Waals surface area contributed by atoms with Gasteiger partial charge in [0.2, 0.25) is 0 Å². The highest BCUT2D eigenvalue weighted by molar-refractivity contribution is 5.75. The Morgan fingerprint density at radius 2 is 1.81 bits per heavy atom. The van der Waals surface area contributed by atoms with Crippen molar-refractivity contribution in [2.45, 2.75) is 32.2 Å².